The highest BCUT2D eigenvalue weighted by Gasteiger charge is 2.33. The van der Waals surface area contributed by atoms with Crippen molar-refractivity contribution in [3.8, 4) is 11.3 Å². The minimum absolute atomic E-state index is 0.0219. The fourth-order valence-corrected chi connectivity index (χ4v) is 10.7. The Morgan fingerprint density at radius 3 is 2.49 bits per heavy atom. The lowest BCUT2D eigenvalue weighted by Gasteiger charge is -2.40. The number of hydrogen-bond acceptors (Lipinski definition) is 10. The molecule has 3 aromatic heterocycles. The Morgan fingerprint density at radius 1 is 0.898 bits per heavy atom. The van der Waals surface area contributed by atoms with E-state index < -0.39 is 11.9 Å². The number of thiophene rings is 1. The molecule has 15 heteroatoms. The van der Waals surface area contributed by atoms with Crippen molar-refractivity contribution >= 4 is 78.1 Å². The van der Waals surface area contributed by atoms with Gasteiger partial charge in [-0.05, 0) is 86.7 Å². The number of carbonyl (C=O) groups excluding carboxylic acids is 3. The van der Waals surface area contributed by atoms with Crippen LogP contribution in [0, 0.1) is 11.7 Å². The number of hydrogen-bond donors (Lipinski definition) is 3. The van der Waals surface area contributed by atoms with E-state index in [1.54, 1.807) is 22.2 Å². The van der Waals surface area contributed by atoms with E-state index in [1.807, 2.05) is 61.5 Å². The normalized spacial score (nSPS) is 20.8. The first-order valence-electron chi connectivity index (χ1n) is 20.6. The van der Waals surface area contributed by atoms with Crippen LogP contribution >= 0.6 is 11.3 Å². The molecule has 3 N–H and O–H groups in total. The molecule has 3 saturated heterocycles. The number of para-hydroxylation sites is 1. The van der Waals surface area contributed by atoms with E-state index in [9.17, 15) is 19.2 Å². The quantitative estimate of drug-likeness (QED) is 0.187. The summed E-state index contributed by atoms with van der Waals surface area (Å²) < 4.78 is 20.0. The summed E-state index contributed by atoms with van der Waals surface area (Å²) in [5.41, 5.74) is 5.76. The Labute approximate surface area is 343 Å². The molecule has 3 fully saturated rings. The van der Waals surface area contributed by atoms with Crippen molar-refractivity contribution in [2.45, 2.75) is 44.7 Å². The highest BCUT2D eigenvalue weighted by atomic mass is 32.1. The number of carbonyl (C=O) groups is 3. The molecule has 3 amide bonds. The second-order valence-electron chi connectivity index (χ2n) is 16.5. The summed E-state index contributed by atoms with van der Waals surface area (Å²) in [7, 11) is 1.75. The molecule has 10 rings (SSSR count). The first-order valence-corrected chi connectivity index (χ1v) is 21.4. The van der Waals surface area contributed by atoms with Crippen LogP contribution in [0.15, 0.2) is 65.5 Å². The first kappa shape index (κ1) is 37.5. The van der Waals surface area contributed by atoms with Crippen molar-refractivity contribution in [3.63, 3.8) is 0 Å². The molecule has 2 atom stereocenters. The van der Waals surface area contributed by atoms with Crippen LogP contribution in [0.1, 0.15) is 48.3 Å². The number of fused-ring (bicyclic) bond motifs is 6. The lowest BCUT2D eigenvalue weighted by Crippen LogP contribution is -2.49. The van der Waals surface area contributed by atoms with Crippen molar-refractivity contribution in [3.05, 3.63) is 81.8 Å². The fraction of sp³-hybridized carbons (Fsp3) is 0.386. The van der Waals surface area contributed by atoms with Gasteiger partial charge in [-0.25, -0.2) is 14.2 Å². The third-order valence-corrected chi connectivity index (χ3v) is 13.9. The SMILES string of the molecule is C[C@@H]1CNc2c(sc3ccc4nc(-c5ccc(N6CCC(CN7CCN(c8cccc9c8n(C)c(=O)n9C8CCC(=O)NC8=O)CC7)CC6)cc5F)ccc4c23)C(=O)N1. The van der Waals surface area contributed by atoms with Gasteiger partial charge in [-0.2, -0.15) is 0 Å². The van der Waals surface area contributed by atoms with E-state index in [0.717, 1.165) is 102 Å². The number of amides is 3. The summed E-state index contributed by atoms with van der Waals surface area (Å²) in [6.07, 6.45) is 2.57. The second-order valence-corrected chi connectivity index (χ2v) is 17.5. The van der Waals surface area contributed by atoms with Gasteiger partial charge in [0.15, 0.2) is 0 Å². The van der Waals surface area contributed by atoms with Crippen LogP contribution in [-0.4, -0.2) is 95.1 Å². The van der Waals surface area contributed by atoms with Crippen LogP contribution in [0.2, 0.25) is 0 Å². The molecule has 13 nitrogen and oxygen atoms in total. The van der Waals surface area contributed by atoms with Gasteiger partial charge in [-0.3, -0.25) is 33.7 Å². The summed E-state index contributed by atoms with van der Waals surface area (Å²) in [5.74, 6) is -0.546. The van der Waals surface area contributed by atoms with E-state index >= 15 is 4.39 Å². The maximum absolute atomic E-state index is 15.9. The fourth-order valence-electron chi connectivity index (χ4n) is 9.60. The first-order chi connectivity index (χ1) is 28.6. The molecule has 4 aliphatic heterocycles. The number of nitrogens with one attached hydrogen (secondary N) is 3. The van der Waals surface area contributed by atoms with Crippen molar-refractivity contribution in [1.82, 2.24) is 29.7 Å². The standard InChI is InChI=1S/C44H46FN9O4S/c1-25-23-46-39-38-29-8-9-31(48-32(29)10-12-36(38)59-41(39)43(57)47-25)28-7-6-27(22-30(28)45)52-16-14-26(15-17-52)24-51-18-20-53(21-19-51)33-4-3-5-34-40(33)50(2)44(58)54(34)35-11-13-37(55)49-42(35)56/h3-10,12,22,25-26,35,46H,11,13-21,23-24H2,1-2H3,(H,47,57)(H,49,55,56)/t25-,35?/m1/s1. The molecule has 0 saturated carbocycles. The number of aryl methyl sites for hydroxylation is 1. The summed E-state index contributed by atoms with van der Waals surface area (Å²) in [6.45, 7) is 8.81. The molecule has 0 bridgehead atoms. The maximum atomic E-state index is 15.9. The smallest absolute Gasteiger partial charge is 0.329 e. The van der Waals surface area contributed by atoms with E-state index in [-0.39, 0.29) is 35.8 Å². The predicted octanol–water partition coefficient (Wildman–Crippen LogP) is 5.47. The number of piperidine rings is 2. The van der Waals surface area contributed by atoms with Crippen molar-refractivity contribution in [1.29, 1.82) is 0 Å². The Balaban J connectivity index is 0.771. The summed E-state index contributed by atoms with van der Waals surface area (Å²) in [5, 5.41) is 10.8. The summed E-state index contributed by atoms with van der Waals surface area (Å²) in [6, 6.07) is 18.5. The number of pyridine rings is 1. The molecular formula is C44H46FN9O4S. The van der Waals surface area contributed by atoms with Gasteiger partial charge in [-0.1, -0.05) is 6.07 Å². The largest absolute Gasteiger partial charge is 0.381 e. The lowest BCUT2D eigenvalue weighted by atomic mass is 9.95. The number of imide groups is 1. The number of imidazole rings is 1. The number of rotatable bonds is 6. The van der Waals surface area contributed by atoms with Gasteiger partial charge in [0.05, 0.1) is 33.6 Å². The Morgan fingerprint density at radius 2 is 1.71 bits per heavy atom. The highest BCUT2D eigenvalue weighted by molar-refractivity contribution is 7.21. The zero-order valence-electron chi connectivity index (χ0n) is 33.1. The van der Waals surface area contributed by atoms with E-state index in [1.165, 1.54) is 11.3 Å². The third-order valence-electron chi connectivity index (χ3n) is 12.7. The number of piperazine rings is 1. The van der Waals surface area contributed by atoms with Gasteiger partial charge in [0.25, 0.3) is 5.91 Å². The molecule has 7 heterocycles. The Kier molecular flexibility index (Phi) is 9.39. The Bertz CT molecular complexity index is 2740. The molecule has 0 radical (unpaired) electrons. The summed E-state index contributed by atoms with van der Waals surface area (Å²) >= 11 is 1.47. The maximum Gasteiger partial charge on any atom is 0.329 e. The van der Waals surface area contributed by atoms with Crippen LogP contribution in [-0.2, 0) is 16.6 Å². The molecule has 0 aliphatic carbocycles. The zero-order chi connectivity index (χ0) is 40.5. The van der Waals surface area contributed by atoms with E-state index in [2.05, 4.69) is 30.7 Å². The zero-order valence-corrected chi connectivity index (χ0v) is 33.9. The van der Waals surface area contributed by atoms with Crippen molar-refractivity contribution in [2.75, 3.05) is 67.5 Å². The molecule has 1 unspecified atom stereocenters. The summed E-state index contributed by atoms with van der Waals surface area (Å²) in [4.78, 5) is 63.5. The molecule has 0 spiro atoms. The molecule has 59 heavy (non-hydrogen) atoms. The van der Waals surface area contributed by atoms with Gasteiger partial charge in [0, 0.05) is 98.6 Å². The van der Waals surface area contributed by atoms with Crippen molar-refractivity contribution in [2.24, 2.45) is 13.0 Å². The van der Waals surface area contributed by atoms with Gasteiger partial charge in [-0.15, -0.1) is 11.3 Å². The number of anilines is 3. The van der Waals surface area contributed by atoms with Gasteiger partial charge in [0.2, 0.25) is 11.8 Å². The van der Waals surface area contributed by atoms with Crippen LogP contribution in [0.5, 0.6) is 0 Å². The van der Waals surface area contributed by atoms with Crippen LogP contribution in [0.4, 0.5) is 21.5 Å². The Hall–Kier alpha value is -5.80. The van der Waals surface area contributed by atoms with Crippen LogP contribution in [0.25, 0.3) is 43.3 Å². The predicted molar refractivity (Wildman–Crippen MR) is 230 cm³/mol. The number of halogens is 1. The van der Waals surface area contributed by atoms with Gasteiger partial charge >= 0.3 is 5.69 Å². The average Bonchev–Trinajstić information content (AvgIpc) is 3.69. The van der Waals surface area contributed by atoms with Gasteiger partial charge in [0.1, 0.15) is 16.7 Å². The van der Waals surface area contributed by atoms with Crippen LogP contribution < -0.4 is 31.4 Å². The molecule has 304 valence electrons. The van der Waals surface area contributed by atoms with Crippen molar-refractivity contribution < 1.29 is 18.8 Å². The van der Waals surface area contributed by atoms with Crippen LogP contribution in [0.3, 0.4) is 0 Å². The second kappa shape index (κ2) is 14.8. The van der Waals surface area contributed by atoms with E-state index in [0.29, 0.717) is 40.5 Å². The average molecular weight is 816 g/mol. The third kappa shape index (κ3) is 6.60. The number of benzene rings is 3. The monoisotopic (exact) mass is 815 g/mol. The van der Waals surface area contributed by atoms with E-state index in [4.69, 9.17) is 4.98 Å². The number of nitrogens with zero attached hydrogens (tertiary/aromatic N) is 6. The number of aromatic nitrogens is 3. The van der Waals surface area contributed by atoms with Gasteiger partial charge < -0.3 is 20.4 Å². The molecule has 3 aromatic carbocycles. The topological polar surface area (TPSA) is 137 Å². The molecular weight excluding hydrogens is 770 g/mol. The molecule has 6 aromatic rings. The highest BCUT2D eigenvalue weighted by Crippen LogP contribution is 2.42. The minimum Gasteiger partial charge on any atom is -0.381 e. The molecule has 4 aliphatic rings. The lowest BCUT2D eigenvalue weighted by molar-refractivity contribution is -0.135. The minimum atomic E-state index is -0.709.